The molecule has 1 aliphatic rings. The first-order valence-corrected chi connectivity index (χ1v) is 8.11. The van der Waals surface area contributed by atoms with E-state index in [4.69, 9.17) is 5.11 Å². The lowest BCUT2D eigenvalue weighted by atomic mass is 9.82. The molecule has 0 spiro atoms. The van der Waals surface area contributed by atoms with Crippen molar-refractivity contribution >= 4 is 29.1 Å². The van der Waals surface area contributed by atoms with Crippen LogP contribution in [0.5, 0.6) is 5.75 Å². The van der Waals surface area contributed by atoms with Crippen molar-refractivity contribution in [2.24, 2.45) is 0 Å². The number of carboxylic acids is 1. The van der Waals surface area contributed by atoms with Crippen LogP contribution in [0.25, 0.3) is 0 Å². The number of aliphatic carboxylic acids is 1. The molecule has 0 bridgehead atoms. The average molecular weight is 368 g/mol. The molecule has 0 unspecified atom stereocenters. The number of phenols is 1. The zero-order chi connectivity index (χ0) is 19.7. The number of carbonyl (C=O) groups is 4. The van der Waals surface area contributed by atoms with Crippen LogP contribution in [0, 0.1) is 0 Å². The third kappa shape index (κ3) is 3.24. The van der Waals surface area contributed by atoms with Gasteiger partial charge in [-0.15, -0.1) is 0 Å². The lowest BCUT2D eigenvalue weighted by Gasteiger charge is -2.21. The van der Waals surface area contributed by atoms with Gasteiger partial charge in [0.15, 0.2) is 11.6 Å². The monoisotopic (exact) mass is 368 g/mol. The minimum Gasteiger partial charge on any atom is -0.507 e. The summed E-state index contributed by atoms with van der Waals surface area (Å²) in [5, 5.41) is 23.9. The van der Waals surface area contributed by atoms with Crippen LogP contribution in [0.15, 0.2) is 36.4 Å². The predicted octanol–water partition coefficient (Wildman–Crippen LogP) is 1.17. The van der Waals surface area contributed by atoms with Crippen molar-refractivity contribution in [3.05, 3.63) is 58.7 Å². The smallest absolute Gasteiger partial charge is 0.325 e. The number of carboxylic acid groups (broad SMARTS) is 1. The quantitative estimate of drug-likeness (QED) is 0.497. The van der Waals surface area contributed by atoms with E-state index in [1.165, 1.54) is 31.2 Å². The van der Waals surface area contributed by atoms with Crippen LogP contribution in [-0.2, 0) is 9.59 Å². The molecule has 2 aromatic rings. The Kier molecular flexibility index (Phi) is 4.64. The number of rotatable bonds is 5. The number of amides is 1. The Hall–Kier alpha value is -3.68. The number of phenolic OH excluding ortho intramolecular Hbond substituents is 1. The van der Waals surface area contributed by atoms with Crippen molar-refractivity contribution in [1.82, 2.24) is 5.32 Å². The molecule has 0 radical (unpaired) electrons. The second-order valence-electron chi connectivity index (χ2n) is 6.07. The van der Waals surface area contributed by atoms with Gasteiger partial charge in [-0.3, -0.25) is 19.2 Å². The SMILES string of the molecule is C[C@H](NC(=O)CNc1ccc(O)c2c1C(=O)c1ccccc1C2=O)C(=O)O. The highest BCUT2D eigenvalue weighted by Gasteiger charge is 2.34. The molecule has 1 amide bonds. The Balaban J connectivity index is 1.92. The highest BCUT2D eigenvalue weighted by molar-refractivity contribution is 6.31. The van der Waals surface area contributed by atoms with Crippen LogP contribution in [0.1, 0.15) is 38.8 Å². The van der Waals surface area contributed by atoms with Gasteiger partial charge in [0.25, 0.3) is 0 Å². The summed E-state index contributed by atoms with van der Waals surface area (Å²) in [5.74, 6) is -3.03. The van der Waals surface area contributed by atoms with Crippen LogP contribution in [0.4, 0.5) is 5.69 Å². The van der Waals surface area contributed by atoms with Crippen molar-refractivity contribution in [2.75, 3.05) is 11.9 Å². The Labute approximate surface area is 153 Å². The van der Waals surface area contributed by atoms with Crippen LogP contribution in [0.2, 0.25) is 0 Å². The van der Waals surface area contributed by atoms with E-state index in [1.54, 1.807) is 12.1 Å². The van der Waals surface area contributed by atoms with Gasteiger partial charge in [0.05, 0.1) is 17.7 Å². The Bertz CT molecular complexity index is 982. The van der Waals surface area contributed by atoms with Crippen LogP contribution in [0.3, 0.4) is 0 Å². The molecule has 1 atom stereocenters. The number of carbonyl (C=O) groups excluding carboxylic acids is 3. The first kappa shape index (κ1) is 18.1. The van der Waals surface area contributed by atoms with Crippen molar-refractivity contribution in [2.45, 2.75) is 13.0 Å². The van der Waals surface area contributed by atoms with E-state index in [9.17, 15) is 24.3 Å². The summed E-state index contributed by atoms with van der Waals surface area (Å²) < 4.78 is 0. The summed E-state index contributed by atoms with van der Waals surface area (Å²) in [6.45, 7) is 1.01. The highest BCUT2D eigenvalue weighted by atomic mass is 16.4. The summed E-state index contributed by atoms with van der Waals surface area (Å²) in [6.07, 6.45) is 0. The molecule has 0 saturated carbocycles. The number of hydrogen-bond acceptors (Lipinski definition) is 6. The Morgan fingerprint density at radius 2 is 1.59 bits per heavy atom. The minimum atomic E-state index is -1.18. The van der Waals surface area contributed by atoms with Crippen molar-refractivity contribution < 1.29 is 29.4 Å². The lowest BCUT2D eigenvalue weighted by Crippen LogP contribution is -2.41. The minimum absolute atomic E-state index is 0.0159. The van der Waals surface area contributed by atoms with Crippen molar-refractivity contribution in [3.63, 3.8) is 0 Å². The maximum atomic E-state index is 12.9. The summed E-state index contributed by atoms with van der Waals surface area (Å²) in [4.78, 5) is 48.2. The number of ketones is 2. The molecule has 27 heavy (non-hydrogen) atoms. The first-order valence-electron chi connectivity index (χ1n) is 8.11. The standard InChI is InChI=1S/C19H16N2O6/c1-9(19(26)27)21-14(23)8-20-12-6-7-13(22)16-15(12)17(24)10-4-2-3-5-11(10)18(16)25/h2-7,9,20,22H,8H2,1H3,(H,21,23)(H,26,27)/t9-/m0/s1. The van der Waals surface area contributed by atoms with Gasteiger partial charge in [-0.2, -0.15) is 0 Å². The molecule has 3 rings (SSSR count). The molecule has 138 valence electrons. The van der Waals surface area contributed by atoms with E-state index in [0.717, 1.165) is 0 Å². The molecule has 8 heteroatoms. The second-order valence-corrected chi connectivity index (χ2v) is 6.07. The predicted molar refractivity (Wildman–Crippen MR) is 95.1 cm³/mol. The molecular formula is C19H16N2O6. The maximum absolute atomic E-state index is 12.9. The molecule has 0 fully saturated rings. The average Bonchev–Trinajstić information content (AvgIpc) is 2.64. The zero-order valence-electron chi connectivity index (χ0n) is 14.3. The molecule has 2 aromatic carbocycles. The molecule has 0 aliphatic heterocycles. The van der Waals surface area contributed by atoms with E-state index in [0.29, 0.717) is 0 Å². The van der Waals surface area contributed by atoms with Crippen LogP contribution < -0.4 is 10.6 Å². The number of aromatic hydroxyl groups is 1. The number of hydrogen-bond donors (Lipinski definition) is 4. The topological polar surface area (TPSA) is 133 Å². The lowest BCUT2D eigenvalue weighted by molar-refractivity contribution is -0.141. The molecule has 8 nitrogen and oxygen atoms in total. The Morgan fingerprint density at radius 3 is 2.19 bits per heavy atom. The van der Waals surface area contributed by atoms with E-state index in [1.807, 2.05) is 0 Å². The van der Waals surface area contributed by atoms with E-state index in [2.05, 4.69) is 10.6 Å². The van der Waals surface area contributed by atoms with Gasteiger partial charge in [-0.25, -0.2) is 0 Å². The maximum Gasteiger partial charge on any atom is 0.325 e. The molecule has 0 saturated heterocycles. The number of benzene rings is 2. The Morgan fingerprint density at radius 1 is 1.00 bits per heavy atom. The van der Waals surface area contributed by atoms with E-state index >= 15 is 0 Å². The first-order chi connectivity index (χ1) is 12.8. The second kappa shape index (κ2) is 6.91. The summed E-state index contributed by atoms with van der Waals surface area (Å²) in [5.41, 5.74) is 0.484. The summed E-state index contributed by atoms with van der Waals surface area (Å²) in [7, 11) is 0. The number of nitrogens with one attached hydrogen (secondary N) is 2. The van der Waals surface area contributed by atoms with Gasteiger partial charge in [0.1, 0.15) is 11.8 Å². The van der Waals surface area contributed by atoms with Crippen LogP contribution in [-0.4, -0.2) is 46.2 Å². The van der Waals surface area contributed by atoms with E-state index < -0.39 is 29.5 Å². The van der Waals surface area contributed by atoms with Crippen molar-refractivity contribution in [3.8, 4) is 5.75 Å². The molecule has 1 aliphatic carbocycles. The zero-order valence-corrected chi connectivity index (χ0v) is 14.3. The molecular weight excluding hydrogens is 352 g/mol. The van der Waals surface area contributed by atoms with Crippen LogP contribution >= 0.6 is 0 Å². The number of fused-ring (bicyclic) bond motifs is 2. The fourth-order valence-corrected chi connectivity index (χ4v) is 2.88. The fraction of sp³-hybridized carbons (Fsp3) is 0.158. The normalized spacial score (nSPS) is 13.4. The van der Waals surface area contributed by atoms with Gasteiger partial charge in [0.2, 0.25) is 5.91 Å². The number of anilines is 1. The van der Waals surface area contributed by atoms with Gasteiger partial charge in [0, 0.05) is 16.8 Å². The molecule has 0 aromatic heterocycles. The third-order valence-electron chi connectivity index (χ3n) is 4.24. The molecule has 0 heterocycles. The van der Waals surface area contributed by atoms with Gasteiger partial charge < -0.3 is 20.8 Å². The highest BCUT2D eigenvalue weighted by Crippen LogP contribution is 2.36. The third-order valence-corrected chi connectivity index (χ3v) is 4.24. The van der Waals surface area contributed by atoms with Gasteiger partial charge in [-0.05, 0) is 19.1 Å². The fourth-order valence-electron chi connectivity index (χ4n) is 2.88. The summed E-state index contributed by atoms with van der Waals surface area (Å²) in [6, 6.07) is 7.88. The van der Waals surface area contributed by atoms with E-state index in [-0.39, 0.29) is 40.2 Å². The van der Waals surface area contributed by atoms with Crippen molar-refractivity contribution in [1.29, 1.82) is 0 Å². The van der Waals surface area contributed by atoms with Gasteiger partial charge >= 0.3 is 5.97 Å². The van der Waals surface area contributed by atoms with Gasteiger partial charge in [-0.1, -0.05) is 24.3 Å². The largest absolute Gasteiger partial charge is 0.507 e. The molecule has 4 N–H and O–H groups in total. The summed E-state index contributed by atoms with van der Waals surface area (Å²) >= 11 is 0.